The van der Waals surface area contributed by atoms with Crippen LogP contribution in [-0.4, -0.2) is 39.5 Å². The van der Waals surface area contributed by atoms with Gasteiger partial charge in [-0.2, -0.15) is 0 Å². The van der Waals surface area contributed by atoms with Crippen LogP contribution < -0.4 is 10.5 Å². The smallest absolute Gasteiger partial charge is 0.250 e. The Labute approximate surface area is 118 Å². The van der Waals surface area contributed by atoms with Crippen LogP contribution in [0.1, 0.15) is 24.1 Å². The third-order valence-electron chi connectivity index (χ3n) is 3.24. The molecule has 0 atom stereocenters. The van der Waals surface area contributed by atoms with Crippen LogP contribution in [0.25, 0.3) is 0 Å². The highest BCUT2D eigenvalue weighted by Gasteiger charge is 2.16. The molecule has 0 aliphatic carbocycles. The highest BCUT2D eigenvalue weighted by molar-refractivity contribution is 7.91. The summed E-state index contributed by atoms with van der Waals surface area (Å²) in [5.41, 5.74) is 5.49. The maximum Gasteiger partial charge on any atom is 0.250 e. The Hall–Kier alpha value is -0.470. The van der Waals surface area contributed by atoms with Crippen molar-refractivity contribution in [2.24, 2.45) is 5.73 Å². The van der Waals surface area contributed by atoms with Crippen molar-refractivity contribution in [2.45, 2.75) is 30.0 Å². The summed E-state index contributed by atoms with van der Waals surface area (Å²) in [6, 6.07) is 3.39. The van der Waals surface area contributed by atoms with E-state index < -0.39 is 10.0 Å². The van der Waals surface area contributed by atoms with Gasteiger partial charge in [0.2, 0.25) is 10.0 Å². The minimum atomic E-state index is -3.35. The lowest BCUT2D eigenvalue weighted by molar-refractivity contribution is 0.334. The molecule has 3 N–H and O–H groups in total. The van der Waals surface area contributed by atoms with Crippen LogP contribution in [0.5, 0.6) is 0 Å². The minimum absolute atomic E-state index is 0.356. The average Bonchev–Trinajstić information content (AvgIpc) is 3.05. The molecule has 0 bridgehead atoms. The monoisotopic (exact) mass is 303 g/mol. The lowest BCUT2D eigenvalue weighted by Gasteiger charge is -2.14. The largest absolute Gasteiger partial charge is 0.326 e. The number of nitrogens with one attached hydrogen (secondary N) is 1. The molecule has 108 valence electrons. The first-order valence-electron chi connectivity index (χ1n) is 6.62. The van der Waals surface area contributed by atoms with Gasteiger partial charge in [-0.25, -0.2) is 13.1 Å². The van der Waals surface area contributed by atoms with Crippen molar-refractivity contribution < 1.29 is 8.42 Å². The SMILES string of the molecule is NCc1ccc(S(=O)(=O)NCCCN2CCCC2)s1. The number of likely N-dealkylation sites (tertiary alicyclic amines) is 1. The van der Waals surface area contributed by atoms with E-state index in [0.717, 1.165) is 30.9 Å². The van der Waals surface area contributed by atoms with E-state index in [4.69, 9.17) is 5.73 Å². The number of thiophene rings is 1. The van der Waals surface area contributed by atoms with Gasteiger partial charge in [0.25, 0.3) is 0 Å². The predicted molar refractivity (Wildman–Crippen MR) is 77.7 cm³/mol. The molecule has 1 aliphatic heterocycles. The van der Waals surface area contributed by atoms with Gasteiger partial charge in [0.1, 0.15) is 4.21 Å². The Balaban J connectivity index is 1.77. The molecule has 7 heteroatoms. The first kappa shape index (κ1) is 14.9. The standard InChI is InChI=1S/C12H21N3O2S2/c13-10-11-4-5-12(18-11)19(16,17)14-6-3-9-15-7-1-2-8-15/h4-5,14H,1-3,6-10,13H2. The molecular formula is C12H21N3O2S2. The summed E-state index contributed by atoms with van der Waals surface area (Å²) in [7, 11) is -3.35. The second-order valence-electron chi connectivity index (χ2n) is 4.72. The molecule has 0 saturated carbocycles. The molecule has 1 aliphatic rings. The predicted octanol–water partition coefficient (Wildman–Crippen LogP) is 0.971. The number of hydrogen-bond donors (Lipinski definition) is 2. The molecule has 1 aromatic rings. The molecule has 1 fully saturated rings. The Morgan fingerprint density at radius 3 is 2.68 bits per heavy atom. The molecule has 0 unspecified atom stereocenters. The van der Waals surface area contributed by atoms with Gasteiger partial charge in [0, 0.05) is 18.0 Å². The van der Waals surface area contributed by atoms with Crippen LogP contribution in [0.2, 0.25) is 0 Å². The number of hydrogen-bond acceptors (Lipinski definition) is 5. The Bertz CT molecular complexity index is 493. The second kappa shape index (κ2) is 6.81. The molecule has 0 radical (unpaired) electrons. The molecule has 2 rings (SSSR count). The fraction of sp³-hybridized carbons (Fsp3) is 0.667. The molecule has 1 saturated heterocycles. The summed E-state index contributed by atoms with van der Waals surface area (Å²) < 4.78 is 27.0. The zero-order valence-corrected chi connectivity index (χ0v) is 12.6. The highest BCUT2D eigenvalue weighted by atomic mass is 32.2. The molecular weight excluding hydrogens is 282 g/mol. The first-order valence-corrected chi connectivity index (χ1v) is 8.92. The first-order chi connectivity index (χ1) is 9.12. The zero-order chi connectivity index (χ0) is 13.7. The second-order valence-corrected chi connectivity index (χ2v) is 7.89. The van der Waals surface area contributed by atoms with E-state index in [-0.39, 0.29) is 0 Å². The van der Waals surface area contributed by atoms with Crippen molar-refractivity contribution in [3.63, 3.8) is 0 Å². The topological polar surface area (TPSA) is 75.4 Å². The average molecular weight is 303 g/mol. The summed E-state index contributed by atoms with van der Waals surface area (Å²) in [4.78, 5) is 3.27. The number of rotatable bonds is 7. The summed E-state index contributed by atoms with van der Waals surface area (Å²) in [6.07, 6.45) is 3.39. The van der Waals surface area contributed by atoms with Crippen molar-refractivity contribution >= 4 is 21.4 Å². The van der Waals surface area contributed by atoms with Gasteiger partial charge >= 0.3 is 0 Å². The number of sulfonamides is 1. The summed E-state index contributed by atoms with van der Waals surface area (Å²) in [6.45, 7) is 4.15. The third kappa shape index (κ3) is 4.25. The van der Waals surface area contributed by atoms with E-state index in [0.29, 0.717) is 17.3 Å². The van der Waals surface area contributed by atoms with Gasteiger partial charge < -0.3 is 10.6 Å². The molecule has 5 nitrogen and oxygen atoms in total. The Kier molecular flexibility index (Phi) is 5.35. The minimum Gasteiger partial charge on any atom is -0.326 e. The molecule has 2 heterocycles. The van der Waals surface area contributed by atoms with Crippen molar-refractivity contribution in [1.29, 1.82) is 0 Å². The quantitative estimate of drug-likeness (QED) is 0.736. The fourth-order valence-electron chi connectivity index (χ4n) is 2.20. The van der Waals surface area contributed by atoms with Crippen molar-refractivity contribution in [2.75, 3.05) is 26.2 Å². The van der Waals surface area contributed by atoms with Crippen molar-refractivity contribution in [3.05, 3.63) is 17.0 Å². The molecule has 0 aromatic carbocycles. The van der Waals surface area contributed by atoms with Gasteiger partial charge in [0.05, 0.1) is 0 Å². The van der Waals surface area contributed by atoms with E-state index >= 15 is 0 Å². The Morgan fingerprint density at radius 2 is 2.05 bits per heavy atom. The lowest BCUT2D eigenvalue weighted by atomic mass is 10.4. The van der Waals surface area contributed by atoms with Gasteiger partial charge in [-0.1, -0.05) is 0 Å². The van der Waals surface area contributed by atoms with E-state index in [1.54, 1.807) is 12.1 Å². The van der Waals surface area contributed by atoms with E-state index in [2.05, 4.69) is 9.62 Å². The fourth-order valence-corrected chi connectivity index (χ4v) is 4.55. The maximum atomic E-state index is 12.0. The van der Waals surface area contributed by atoms with Crippen LogP contribution in [-0.2, 0) is 16.6 Å². The van der Waals surface area contributed by atoms with Crippen LogP contribution in [0.3, 0.4) is 0 Å². The van der Waals surface area contributed by atoms with Gasteiger partial charge in [-0.05, 0) is 51.0 Å². The van der Waals surface area contributed by atoms with Crippen LogP contribution in [0.15, 0.2) is 16.3 Å². The van der Waals surface area contributed by atoms with Crippen LogP contribution in [0, 0.1) is 0 Å². The van der Waals surface area contributed by atoms with Gasteiger partial charge in [-0.3, -0.25) is 0 Å². The van der Waals surface area contributed by atoms with Crippen LogP contribution >= 0.6 is 11.3 Å². The molecule has 1 aromatic heterocycles. The van der Waals surface area contributed by atoms with Crippen LogP contribution in [0.4, 0.5) is 0 Å². The molecule has 0 amide bonds. The molecule has 19 heavy (non-hydrogen) atoms. The Morgan fingerprint density at radius 1 is 1.32 bits per heavy atom. The zero-order valence-electron chi connectivity index (χ0n) is 11.0. The van der Waals surface area contributed by atoms with Gasteiger partial charge in [0.15, 0.2) is 0 Å². The van der Waals surface area contributed by atoms with E-state index in [9.17, 15) is 8.42 Å². The third-order valence-corrected chi connectivity index (χ3v) is 6.31. The summed E-state index contributed by atoms with van der Waals surface area (Å²) in [5, 5.41) is 0. The lowest BCUT2D eigenvalue weighted by Crippen LogP contribution is -2.28. The number of nitrogens with two attached hydrogens (primary N) is 1. The normalized spacial score (nSPS) is 17.1. The summed E-state index contributed by atoms with van der Waals surface area (Å²) >= 11 is 1.24. The van der Waals surface area contributed by atoms with Crippen molar-refractivity contribution in [3.8, 4) is 0 Å². The highest BCUT2D eigenvalue weighted by Crippen LogP contribution is 2.20. The van der Waals surface area contributed by atoms with Crippen molar-refractivity contribution in [1.82, 2.24) is 9.62 Å². The number of nitrogens with zero attached hydrogens (tertiary/aromatic N) is 1. The maximum absolute atomic E-state index is 12.0. The van der Waals surface area contributed by atoms with E-state index in [1.165, 1.54) is 24.2 Å². The van der Waals surface area contributed by atoms with E-state index in [1.807, 2.05) is 0 Å². The molecule has 0 spiro atoms. The van der Waals surface area contributed by atoms with Gasteiger partial charge in [-0.15, -0.1) is 11.3 Å². The summed E-state index contributed by atoms with van der Waals surface area (Å²) in [5.74, 6) is 0.